The largest absolute Gasteiger partial charge is 0.427 e. The van der Waals surface area contributed by atoms with E-state index < -0.39 is 0 Å². The molecule has 0 aliphatic carbocycles. The number of hydrogen-bond donors (Lipinski definition) is 0. The van der Waals surface area contributed by atoms with Crippen molar-refractivity contribution >= 4 is 24.2 Å². The summed E-state index contributed by atoms with van der Waals surface area (Å²) in [4.78, 5) is 10.8. The first-order chi connectivity index (χ1) is 9.67. The maximum atomic E-state index is 10.8. The molecule has 0 radical (unpaired) electrons. The van der Waals surface area contributed by atoms with E-state index in [9.17, 15) is 4.79 Å². The molecule has 0 N–H and O–H groups in total. The minimum absolute atomic E-state index is 0.310. The molecule has 2 nitrogen and oxygen atoms in total. The summed E-state index contributed by atoms with van der Waals surface area (Å²) in [6.07, 6.45) is 5.87. The summed E-state index contributed by atoms with van der Waals surface area (Å²) in [7, 11) is 0. The maximum absolute atomic E-state index is 10.8. The van der Waals surface area contributed by atoms with Crippen LogP contribution in [-0.4, -0.2) is 5.97 Å². The van der Waals surface area contributed by atoms with Crippen LogP contribution < -0.4 is 4.74 Å². The molecule has 0 heterocycles. The first-order valence-electron chi connectivity index (χ1n) is 6.36. The molecule has 0 saturated heterocycles. The van der Waals surface area contributed by atoms with Gasteiger partial charge in [-0.3, -0.25) is 4.79 Å². The normalized spacial score (nSPS) is 10.4. The third kappa shape index (κ3) is 3.95. The second kappa shape index (κ2) is 6.53. The molecule has 20 heavy (non-hydrogen) atoms. The molecule has 0 bridgehead atoms. The monoisotopic (exact) mass is 264 g/mol. The van der Waals surface area contributed by atoms with E-state index in [0.717, 1.165) is 16.7 Å². The molecule has 0 aliphatic heterocycles. The van der Waals surface area contributed by atoms with Gasteiger partial charge >= 0.3 is 5.97 Å². The van der Waals surface area contributed by atoms with Gasteiger partial charge in [0.05, 0.1) is 0 Å². The summed E-state index contributed by atoms with van der Waals surface area (Å²) < 4.78 is 4.99. The average Bonchev–Trinajstić information content (AvgIpc) is 2.46. The van der Waals surface area contributed by atoms with Crippen molar-refractivity contribution in [3.8, 4) is 5.75 Å². The molecular formula is C18H16O2. The van der Waals surface area contributed by atoms with Gasteiger partial charge in [-0.1, -0.05) is 61.2 Å². The Labute approximate surface area is 119 Å². The number of rotatable bonds is 4. The lowest BCUT2D eigenvalue weighted by atomic mass is 10.1. The molecule has 0 amide bonds. The van der Waals surface area contributed by atoms with Crippen molar-refractivity contribution in [1.82, 2.24) is 0 Å². The lowest BCUT2D eigenvalue weighted by molar-refractivity contribution is -0.131. The molecule has 0 aliphatic rings. The number of carbonyl (C=O) groups excluding carboxylic acids is 1. The van der Waals surface area contributed by atoms with Crippen molar-refractivity contribution in [2.45, 2.75) is 6.92 Å². The Morgan fingerprint density at radius 2 is 1.35 bits per heavy atom. The molecule has 0 fully saturated rings. The van der Waals surface area contributed by atoms with Gasteiger partial charge in [0.25, 0.3) is 0 Å². The zero-order valence-electron chi connectivity index (χ0n) is 11.4. The molecule has 0 aromatic heterocycles. The van der Waals surface area contributed by atoms with Crippen LogP contribution in [0.15, 0.2) is 55.1 Å². The SMILES string of the molecule is C=Cc1ccc(C=Cc2ccc(OC(C)=O)cc2)cc1. The third-order valence-electron chi connectivity index (χ3n) is 2.78. The number of carbonyl (C=O) groups is 1. The highest BCUT2D eigenvalue weighted by Gasteiger charge is 1.96. The minimum atomic E-state index is -0.310. The summed E-state index contributed by atoms with van der Waals surface area (Å²) in [5, 5.41) is 0. The molecule has 0 spiro atoms. The van der Waals surface area contributed by atoms with E-state index in [-0.39, 0.29) is 5.97 Å². The van der Waals surface area contributed by atoms with Crippen molar-refractivity contribution in [1.29, 1.82) is 0 Å². The van der Waals surface area contributed by atoms with Crippen LogP contribution >= 0.6 is 0 Å². The molecular weight excluding hydrogens is 248 g/mol. The van der Waals surface area contributed by atoms with E-state index in [2.05, 4.69) is 6.58 Å². The van der Waals surface area contributed by atoms with Gasteiger partial charge in [0.2, 0.25) is 0 Å². The van der Waals surface area contributed by atoms with Crippen LogP contribution in [0.1, 0.15) is 23.6 Å². The summed E-state index contributed by atoms with van der Waals surface area (Å²) in [6, 6.07) is 15.5. The fourth-order valence-electron chi connectivity index (χ4n) is 1.75. The molecule has 0 saturated carbocycles. The van der Waals surface area contributed by atoms with Crippen molar-refractivity contribution in [3.05, 3.63) is 71.8 Å². The summed E-state index contributed by atoms with van der Waals surface area (Å²) in [5.41, 5.74) is 3.28. The zero-order valence-corrected chi connectivity index (χ0v) is 11.4. The van der Waals surface area contributed by atoms with Crippen molar-refractivity contribution in [2.24, 2.45) is 0 Å². The highest BCUT2D eigenvalue weighted by Crippen LogP contribution is 2.15. The maximum Gasteiger partial charge on any atom is 0.308 e. The predicted octanol–water partition coefficient (Wildman–Crippen LogP) is 4.43. The fraction of sp³-hybridized carbons (Fsp3) is 0.0556. The van der Waals surface area contributed by atoms with Gasteiger partial charge in [-0.15, -0.1) is 0 Å². The Morgan fingerprint density at radius 3 is 1.80 bits per heavy atom. The summed E-state index contributed by atoms with van der Waals surface area (Å²) in [6.45, 7) is 5.12. The van der Waals surface area contributed by atoms with Crippen molar-refractivity contribution < 1.29 is 9.53 Å². The Kier molecular flexibility index (Phi) is 4.51. The second-order valence-electron chi connectivity index (χ2n) is 4.37. The molecule has 2 rings (SSSR count). The average molecular weight is 264 g/mol. The smallest absolute Gasteiger partial charge is 0.308 e. The van der Waals surface area contributed by atoms with E-state index in [4.69, 9.17) is 4.74 Å². The first-order valence-corrected chi connectivity index (χ1v) is 6.36. The van der Waals surface area contributed by atoms with Gasteiger partial charge in [-0.25, -0.2) is 0 Å². The van der Waals surface area contributed by atoms with E-state index in [1.807, 2.05) is 54.6 Å². The molecule has 100 valence electrons. The molecule has 2 aromatic carbocycles. The van der Waals surface area contributed by atoms with Crippen LogP contribution in [0.5, 0.6) is 5.75 Å². The first kappa shape index (κ1) is 13.8. The van der Waals surface area contributed by atoms with E-state index in [1.54, 1.807) is 12.1 Å². The lowest BCUT2D eigenvalue weighted by Gasteiger charge is -2.01. The highest BCUT2D eigenvalue weighted by molar-refractivity contribution is 5.71. The summed E-state index contributed by atoms with van der Waals surface area (Å²) >= 11 is 0. The van der Waals surface area contributed by atoms with Crippen LogP contribution in [0.4, 0.5) is 0 Å². The van der Waals surface area contributed by atoms with Crippen LogP contribution in [0.2, 0.25) is 0 Å². The number of esters is 1. The van der Waals surface area contributed by atoms with Gasteiger partial charge in [-0.05, 0) is 28.8 Å². The molecule has 2 aromatic rings. The second-order valence-corrected chi connectivity index (χ2v) is 4.37. The zero-order chi connectivity index (χ0) is 14.4. The van der Waals surface area contributed by atoms with Crippen molar-refractivity contribution in [3.63, 3.8) is 0 Å². The summed E-state index contributed by atoms with van der Waals surface area (Å²) in [5.74, 6) is 0.251. The Hall–Kier alpha value is -2.61. The van der Waals surface area contributed by atoms with Gasteiger partial charge < -0.3 is 4.74 Å². The molecule has 2 heteroatoms. The topological polar surface area (TPSA) is 26.3 Å². The standard InChI is InChI=1S/C18H16O2/c1-3-15-4-6-16(7-5-15)8-9-17-10-12-18(13-11-17)20-14(2)19/h3-13H,1H2,2H3. The number of benzene rings is 2. The van der Waals surface area contributed by atoms with Crippen molar-refractivity contribution in [2.75, 3.05) is 0 Å². The Bertz CT molecular complexity index is 619. The van der Waals surface area contributed by atoms with Gasteiger partial charge in [0.1, 0.15) is 5.75 Å². The van der Waals surface area contributed by atoms with Crippen LogP contribution in [0.3, 0.4) is 0 Å². The van der Waals surface area contributed by atoms with Gasteiger partial charge in [0.15, 0.2) is 0 Å². The minimum Gasteiger partial charge on any atom is -0.427 e. The number of ether oxygens (including phenoxy) is 1. The van der Waals surface area contributed by atoms with Gasteiger partial charge in [-0.2, -0.15) is 0 Å². The Balaban J connectivity index is 2.06. The van der Waals surface area contributed by atoms with Crippen LogP contribution in [-0.2, 0) is 4.79 Å². The van der Waals surface area contributed by atoms with Crippen LogP contribution in [0, 0.1) is 0 Å². The Morgan fingerprint density at radius 1 is 0.900 bits per heavy atom. The fourth-order valence-corrected chi connectivity index (χ4v) is 1.75. The van der Waals surface area contributed by atoms with Crippen LogP contribution in [0.25, 0.3) is 18.2 Å². The number of hydrogen-bond acceptors (Lipinski definition) is 2. The highest BCUT2D eigenvalue weighted by atomic mass is 16.5. The quantitative estimate of drug-likeness (QED) is 0.464. The van der Waals surface area contributed by atoms with E-state index in [0.29, 0.717) is 5.75 Å². The predicted molar refractivity (Wildman–Crippen MR) is 83.2 cm³/mol. The molecule has 0 atom stereocenters. The van der Waals surface area contributed by atoms with E-state index in [1.165, 1.54) is 6.92 Å². The van der Waals surface area contributed by atoms with E-state index >= 15 is 0 Å². The molecule has 0 unspecified atom stereocenters. The third-order valence-corrected chi connectivity index (χ3v) is 2.78. The lowest BCUT2D eigenvalue weighted by Crippen LogP contribution is -2.00. The van der Waals surface area contributed by atoms with Gasteiger partial charge in [0, 0.05) is 6.92 Å².